The second-order valence-corrected chi connectivity index (χ2v) is 4.33. The van der Waals surface area contributed by atoms with Gasteiger partial charge in [0.1, 0.15) is 0 Å². The number of nitrogens with two attached hydrogens (primary N) is 1. The van der Waals surface area contributed by atoms with Crippen LogP contribution in [0, 0.1) is 6.92 Å². The van der Waals surface area contributed by atoms with Gasteiger partial charge in [0, 0.05) is 17.9 Å². The Morgan fingerprint density at radius 3 is 2.86 bits per heavy atom. The van der Waals surface area contributed by atoms with Crippen molar-refractivity contribution in [2.75, 3.05) is 29.6 Å². The van der Waals surface area contributed by atoms with Crippen molar-refractivity contribution in [1.82, 2.24) is 0 Å². The number of nitrogen functional groups attached to an aromatic ring is 1. The summed E-state index contributed by atoms with van der Waals surface area (Å²) in [4.78, 5) is 0. The molecule has 14 heavy (non-hydrogen) atoms. The maximum atomic E-state index is 5.67. The molecule has 2 nitrogen and oxygen atoms in total. The minimum Gasteiger partial charge on any atom is -0.399 e. The first-order valence-electron chi connectivity index (χ1n) is 4.83. The Kier molecular flexibility index (Phi) is 4.66. The highest BCUT2D eigenvalue weighted by atomic mass is 32.2. The summed E-state index contributed by atoms with van der Waals surface area (Å²) in [5.74, 6) is 1.21. The van der Waals surface area contributed by atoms with E-state index < -0.39 is 0 Å². The number of benzene rings is 1. The summed E-state index contributed by atoms with van der Waals surface area (Å²) in [7, 11) is 0. The summed E-state index contributed by atoms with van der Waals surface area (Å²) in [6.45, 7) is 3.11. The number of hydrogen-bond donors (Lipinski definition) is 2. The van der Waals surface area contributed by atoms with Crippen LogP contribution >= 0.6 is 11.8 Å². The Labute approximate surface area is 90.3 Å². The van der Waals surface area contributed by atoms with Crippen LogP contribution in [-0.2, 0) is 0 Å². The zero-order valence-corrected chi connectivity index (χ0v) is 9.66. The van der Waals surface area contributed by atoms with Gasteiger partial charge in [0.2, 0.25) is 0 Å². The predicted molar refractivity (Wildman–Crippen MR) is 67.1 cm³/mol. The molecule has 0 fully saturated rings. The van der Waals surface area contributed by atoms with Crippen molar-refractivity contribution in [3.8, 4) is 0 Å². The van der Waals surface area contributed by atoms with Gasteiger partial charge in [0.05, 0.1) is 0 Å². The molecule has 0 saturated carbocycles. The molecule has 0 unspecified atom stereocenters. The van der Waals surface area contributed by atoms with Crippen LogP contribution in [0.3, 0.4) is 0 Å². The maximum Gasteiger partial charge on any atom is 0.0371 e. The molecular formula is C11H18N2S. The first-order valence-corrected chi connectivity index (χ1v) is 6.22. The van der Waals surface area contributed by atoms with Crippen molar-refractivity contribution >= 4 is 23.1 Å². The Hall–Kier alpha value is -0.830. The van der Waals surface area contributed by atoms with Crippen LogP contribution in [0.2, 0.25) is 0 Å². The van der Waals surface area contributed by atoms with Crippen molar-refractivity contribution in [2.24, 2.45) is 0 Å². The van der Waals surface area contributed by atoms with E-state index in [4.69, 9.17) is 5.73 Å². The molecule has 1 rings (SSSR count). The van der Waals surface area contributed by atoms with Crippen LogP contribution in [0.15, 0.2) is 18.2 Å². The van der Waals surface area contributed by atoms with E-state index in [0.717, 1.165) is 12.2 Å². The highest BCUT2D eigenvalue weighted by Crippen LogP contribution is 2.17. The molecule has 0 aliphatic rings. The molecule has 0 bridgehead atoms. The van der Waals surface area contributed by atoms with Gasteiger partial charge in [0.15, 0.2) is 0 Å². The number of aryl methyl sites for hydroxylation is 1. The Morgan fingerprint density at radius 1 is 1.43 bits per heavy atom. The monoisotopic (exact) mass is 210 g/mol. The van der Waals surface area contributed by atoms with E-state index >= 15 is 0 Å². The average Bonchev–Trinajstić information content (AvgIpc) is 2.15. The van der Waals surface area contributed by atoms with E-state index in [1.807, 2.05) is 30.0 Å². The molecule has 0 aliphatic carbocycles. The molecular weight excluding hydrogens is 192 g/mol. The van der Waals surface area contributed by atoms with Crippen LogP contribution in [0.5, 0.6) is 0 Å². The fraction of sp³-hybridized carbons (Fsp3) is 0.455. The molecule has 0 saturated heterocycles. The van der Waals surface area contributed by atoms with Crippen LogP contribution in [0.4, 0.5) is 11.4 Å². The van der Waals surface area contributed by atoms with E-state index in [9.17, 15) is 0 Å². The van der Waals surface area contributed by atoms with Crippen LogP contribution in [0.25, 0.3) is 0 Å². The third-order valence-corrected chi connectivity index (χ3v) is 2.79. The highest BCUT2D eigenvalue weighted by Gasteiger charge is 1.96. The summed E-state index contributed by atoms with van der Waals surface area (Å²) < 4.78 is 0. The zero-order valence-electron chi connectivity index (χ0n) is 8.84. The zero-order chi connectivity index (χ0) is 10.4. The van der Waals surface area contributed by atoms with Crippen molar-refractivity contribution < 1.29 is 0 Å². The normalized spacial score (nSPS) is 10.1. The molecule has 1 aromatic carbocycles. The fourth-order valence-electron chi connectivity index (χ4n) is 1.32. The molecule has 0 amide bonds. The number of anilines is 2. The standard InChI is InChI=1S/C11H18N2S/c1-9-8-10(12)4-5-11(9)13-6-3-7-14-2/h4-5,8,13H,3,6-7,12H2,1-2H3. The van der Waals surface area contributed by atoms with Crippen LogP contribution in [0.1, 0.15) is 12.0 Å². The van der Waals surface area contributed by atoms with Gasteiger partial charge in [-0.25, -0.2) is 0 Å². The molecule has 0 atom stereocenters. The SMILES string of the molecule is CSCCCNc1ccc(N)cc1C. The van der Waals surface area contributed by atoms with Gasteiger partial charge in [-0.15, -0.1) is 0 Å². The van der Waals surface area contributed by atoms with Crippen molar-refractivity contribution in [3.63, 3.8) is 0 Å². The molecule has 1 aromatic rings. The van der Waals surface area contributed by atoms with Gasteiger partial charge in [-0.1, -0.05) is 0 Å². The maximum absolute atomic E-state index is 5.67. The minimum atomic E-state index is 0.831. The molecule has 3 N–H and O–H groups in total. The lowest BCUT2D eigenvalue weighted by Gasteiger charge is -2.09. The van der Waals surface area contributed by atoms with Gasteiger partial charge in [-0.05, 0) is 49.1 Å². The fourth-order valence-corrected chi connectivity index (χ4v) is 1.76. The smallest absolute Gasteiger partial charge is 0.0371 e. The molecule has 0 heterocycles. The lowest BCUT2D eigenvalue weighted by atomic mass is 10.2. The molecule has 78 valence electrons. The van der Waals surface area contributed by atoms with Gasteiger partial charge in [-0.3, -0.25) is 0 Å². The highest BCUT2D eigenvalue weighted by molar-refractivity contribution is 7.98. The number of hydrogen-bond acceptors (Lipinski definition) is 3. The predicted octanol–water partition coefficient (Wildman–Crippen LogP) is 2.74. The van der Waals surface area contributed by atoms with E-state index in [-0.39, 0.29) is 0 Å². The van der Waals surface area contributed by atoms with Crippen LogP contribution < -0.4 is 11.1 Å². The van der Waals surface area contributed by atoms with Gasteiger partial charge in [-0.2, -0.15) is 11.8 Å². The van der Waals surface area contributed by atoms with Crippen LogP contribution in [-0.4, -0.2) is 18.6 Å². The first kappa shape index (κ1) is 11.2. The summed E-state index contributed by atoms with van der Waals surface area (Å²) >= 11 is 1.88. The molecule has 0 aromatic heterocycles. The number of nitrogens with one attached hydrogen (secondary N) is 1. The number of thioether (sulfide) groups is 1. The molecule has 0 spiro atoms. The van der Waals surface area contributed by atoms with Crippen molar-refractivity contribution in [3.05, 3.63) is 23.8 Å². The summed E-state index contributed by atoms with van der Waals surface area (Å²) in [5, 5.41) is 3.41. The van der Waals surface area contributed by atoms with E-state index in [2.05, 4.69) is 18.5 Å². The molecule has 0 aliphatic heterocycles. The van der Waals surface area contributed by atoms with E-state index in [1.165, 1.54) is 23.4 Å². The summed E-state index contributed by atoms with van der Waals surface area (Å²) in [6, 6.07) is 5.98. The number of rotatable bonds is 5. The van der Waals surface area contributed by atoms with Gasteiger partial charge in [0.25, 0.3) is 0 Å². The second kappa shape index (κ2) is 5.81. The largest absolute Gasteiger partial charge is 0.399 e. The second-order valence-electron chi connectivity index (χ2n) is 3.35. The minimum absolute atomic E-state index is 0.831. The lowest BCUT2D eigenvalue weighted by molar-refractivity contribution is 0.991. The van der Waals surface area contributed by atoms with Crippen molar-refractivity contribution in [1.29, 1.82) is 0 Å². The Bertz CT molecular complexity index is 287. The third kappa shape index (κ3) is 3.50. The van der Waals surface area contributed by atoms with Crippen molar-refractivity contribution in [2.45, 2.75) is 13.3 Å². The van der Waals surface area contributed by atoms with E-state index in [0.29, 0.717) is 0 Å². The lowest BCUT2D eigenvalue weighted by Crippen LogP contribution is -2.04. The van der Waals surface area contributed by atoms with Gasteiger partial charge < -0.3 is 11.1 Å². The average molecular weight is 210 g/mol. The van der Waals surface area contributed by atoms with E-state index in [1.54, 1.807) is 0 Å². The summed E-state index contributed by atoms with van der Waals surface area (Å²) in [5.41, 5.74) is 8.91. The first-order chi connectivity index (χ1) is 6.74. The molecule has 0 radical (unpaired) electrons. The molecule has 3 heteroatoms. The quantitative estimate of drug-likeness (QED) is 0.579. The Morgan fingerprint density at radius 2 is 2.21 bits per heavy atom. The van der Waals surface area contributed by atoms with Gasteiger partial charge >= 0.3 is 0 Å². The third-order valence-electron chi connectivity index (χ3n) is 2.09. The summed E-state index contributed by atoms with van der Waals surface area (Å²) in [6.07, 6.45) is 3.33. The Balaban J connectivity index is 2.42. The topological polar surface area (TPSA) is 38.0 Å².